The van der Waals surface area contributed by atoms with Gasteiger partial charge in [-0.25, -0.2) is 9.38 Å². The van der Waals surface area contributed by atoms with Gasteiger partial charge in [0, 0.05) is 24.4 Å². The molecule has 0 aromatic heterocycles. The maximum absolute atomic E-state index is 13.7. The first-order chi connectivity index (χ1) is 16.7. The Kier molecular flexibility index (Phi) is 10.8. The van der Waals surface area contributed by atoms with E-state index >= 15 is 0 Å². The summed E-state index contributed by atoms with van der Waals surface area (Å²) in [6.07, 6.45) is 8.92. The quantitative estimate of drug-likeness (QED) is 0.280. The van der Waals surface area contributed by atoms with E-state index in [0.29, 0.717) is 5.82 Å². The smallest absolute Gasteiger partial charge is 0.131 e. The minimum Gasteiger partial charge on any atom is -0.394 e. The molecule has 0 bridgehead atoms. The van der Waals surface area contributed by atoms with E-state index in [2.05, 4.69) is 44.4 Å². The van der Waals surface area contributed by atoms with Gasteiger partial charge in [-0.1, -0.05) is 32.1 Å². The van der Waals surface area contributed by atoms with Gasteiger partial charge in [0.15, 0.2) is 0 Å². The van der Waals surface area contributed by atoms with E-state index in [4.69, 9.17) is 15.4 Å². The highest BCUT2D eigenvalue weighted by atomic mass is 19.1. The first kappa shape index (κ1) is 28.0. The molecule has 0 amide bonds. The minimum absolute atomic E-state index is 0.194. The van der Waals surface area contributed by atoms with Crippen LogP contribution in [0.5, 0.6) is 0 Å². The lowest BCUT2D eigenvalue weighted by Gasteiger charge is -2.26. The van der Waals surface area contributed by atoms with Crippen molar-refractivity contribution < 1.29 is 4.39 Å². The van der Waals surface area contributed by atoms with Crippen LogP contribution in [-0.2, 0) is 0 Å². The van der Waals surface area contributed by atoms with E-state index in [0.717, 1.165) is 65.0 Å². The van der Waals surface area contributed by atoms with Crippen molar-refractivity contribution in [2.24, 2.45) is 9.98 Å². The van der Waals surface area contributed by atoms with Crippen LogP contribution in [0.25, 0.3) is 5.57 Å². The highest BCUT2D eigenvalue weighted by Crippen LogP contribution is 2.32. The molecule has 2 rings (SSSR count). The number of allylic oxidation sites excluding steroid dienone is 5. The fraction of sp³-hybridized carbons (Fsp3) is 0.414. The monoisotopic (exact) mass is 477 g/mol. The van der Waals surface area contributed by atoms with E-state index < -0.39 is 0 Å². The number of nitrogens with one attached hydrogen (secondary N) is 3. The highest BCUT2D eigenvalue weighted by molar-refractivity contribution is 6.35. The summed E-state index contributed by atoms with van der Waals surface area (Å²) in [5.41, 5.74) is 7.05. The van der Waals surface area contributed by atoms with Crippen LogP contribution in [0.15, 0.2) is 75.1 Å². The molecule has 1 unspecified atom stereocenters. The normalized spacial score (nSPS) is 20.9. The Morgan fingerprint density at radius 1 is 1.17 bits per heavy atom. The predicted molar refractivity (Wildman–Crippen MR) is 149 cm³/mol. The third kappa shape index (κ3) is 7.61. The molecule has 1 aliphatic carbocycles. The summed E-state index contributed by atoms with van der Waals surface area (Å²) in [5.74, 6) is 0.660. The van der Waals surface area contributed by atoms with Gasteiger partial charge in [-0.05, 0) is 100 Å². The van der Waals surface area contributed by atoms with Gasteiger partial charge in [0.2, 0.25) is 0 Å². The van der Waals surface area contributed by atoms with Gasteiger partial charge in [-0.15, -0.1) is 0 Å². The molecule has 0 aliphatic heterocycles. The van der Waals surface area contributed by atoms with Crippen LogP contribution in [-0.4, -0.2) is 30.3 Å². The van der Waals surface area contributed by atoms with Crippen molar-refractivity contribution in [2.45, 2.75) is 73.3 Å². The number of halogens is 1. The van der Waals surface area contributed by atoms with Crippen LogP contribution in [0.4, 0.5) is 4.39 Å². The summed E-state index contributed by atoms with van der Waals surface area (Å²) in [5, 5.41) is 14.4. The van der Waals surface area contributed by atoms with Crippen LogP contribution in [0.3, 0.4) is 0 Å². The van der Waals surface area contributed by atoms with Crippen molar-refractivity contribution in [1.29, 1.82) is 5.41 Å². The number of amidine groups is 1. The second kappa shape index (κ2) is 13.6. The molecular formula is C29H40FN5. The summed E-state index contributed by atoms with van der Waals surface area (Å²) in [6, 6.07) is 6.80. The molecule has 0 radical (unpaired) electrons. The lowest BCUT2D eigenvalue weighted by Crippen LogP contribution is -2.27. The SMILES string of the molecule is C/C=C1CCC(=N/C(C)CC)/C(=C(\C)c2ccc(F)cc2)C/1=N/C(NC(=N)/C=C\NC)=C(\C)CC. The van der Waals surface area contributed by atoms with Crippen LogP contribution in [0.1, 0.15) is 72.8 Å². The molecular weight excluding hydrogens is 437 g/mol. The molecule has 5 nitrogen and oxygen atoms in total. The average molecular weight is 478 g/mol. The number of rotatable bonds is 8. The second-order valence-corrected chi connectivity index (χ2v) is 8.76. The topological polar surface area (TPSA) is 72.6 Å². The Bertz CT molecular complexity index is 1080. The van der Waals surface area contributed by atoms with Crippen molar-refractivity contribution >= 4 is 22.8 Å². The summed E-state index contributed by atoms with van der Waals surface area (Å²) in [6.45, 7) is 12.5. The Morgan fingerprint density at radius 3 is 2.43 bits per heavy atom. The van der Waals surface area contributed by atoms with Gasteiger partial charge in [0.1, 0.15) is 17.5 Å². The standard InChI is InChI=1S/C29H40FN5/c1-8-19(4)29(34-26(31)17-18-32-7)35-28-22(10-3)13-16-25(33-20(5)9-2)27(28)21(6)23-11-14-24(30)15-12-23/h10-12,14-15,17-18,20,32H,8-9,13,16H2,1-7H3,(H2,31,34)/b18-17-,22-10-,27-21-,29-19+,33-25-,35-28+. The Hall–Kier alpha value is -3.28. The molecule has 1 atom stereocenters. The first-order valence-electron chi connectivity index (χ1n) is 12.4. The molecule has 1 aliphatic rings. The molecule has 35 heavy (non-hydrogen) atoms. The van der Waals surface area contributed by atoms with Gasteiger partial charge in [-0.2, -0.15) is 0 Å². The summed E-state index contributed by atoms with van der Waals surface area (Å²) >= 11 is 0. The van der Waals surface area contributed by atoms with E-state index in [1.807, 2.05) is 26.0 Å². The van der Waals surface area contributed by atoms with Crippen molar-refractivity contribution in [2.75, 3.05) is 7.05 Å². The van der Waals surface area contributed by atoms with Crippen molar-refractivity contribution in [3.05, 3.63) is 76.5 Å². The van der Waals surface area contributed by atoms with E-state index in [-0.39, 0.29) is 17.7 Å². The molecule has 1 aromatic rings. The van der Waals surface area contributed by atoms with Crippen molar-refractivity contribution in [3.8, 4) is 0 Å². The van der Waals surface area contributed by atoms with Gasteiger partial charge < -0.3 is 10.6 Å². The molecule has 6 heteroatoms. The Labute approximate surface area is 210 Å². The summed E-state index contributed by atoms with van der Waals surface area (Å²) in [4.78, 5) is 10.2. The van der Waals surface area contributed by atoms with E-state index in [1.165, 1.54) is 12.1 Å². The number of aliphatic imine (C=N–C) groups is 2. The fourth-order valence-corrected chi connectivity index (χ4v) is 3.77. The van der Waals surface area contributed by atoms with Crippen LogP contribution in [0, 0.1) is 11.2 Å². The lowest BCUT2D eigenvalue weighted by molar-refractivity contribution is 0.627. The minimum atomic E-state index is -0.257. The largest absolute Gasteiger partial charge is 0.394 e. The van der Waals surface area contributed by atoms with Crippen LogP contribution in [0.2, 0.25) is 0 Å². The average Bonchev–Trinajstić information content (AvgIpc) is 2.86. The lowest BCUT2D eigenvalue weighted by atomic mass is 9.82. The highest BCUT2D eigenvalue weighted by Gasteiger charge is 2.27. The Balaban J connectivity index is 2.80. The number of hydrogen-bond acceptors (Lipinski definition) is 4. The zero-order valence-corrected chi connectivity index (χ0v) is 22.2. The van der Waals surface area contributed by atoms with Crippen molar-refractivity contribution in [1.82, 2.24) is 10.6 Å². The van der Waals surface area contributed by atoms with E-state index in [1.54, 1.807) is 19.3 Å². The van der Waals surface area contributed by atoms with Gasteiger partial charge in [0.05, 0.1) is 5.71 Å². The van der Waals surface area contributed by atoms with Crippen LogP contribution >= 0.6 is 0 Å². The summed E-state index contributed by atoms with van der Waals surface area (Å²) < 4.78 is 13.7. The third-order valence-electron chi connectivity index (χ3n) is 6.26. The number of benzene rings is 1. The maximum atomic E-state index is 13.7. The van der Waals surface area contributed by atoms with Gasteiger partial charge in [0.25, 0.3) is 0 Å². The predicted octanol–water partition coefficient (Wildman–Crippen LogP) is 6.96. The van der Waals surface area contributed by atoms with Gasteiger partial charge in [-0.3, -0.25) is 10.4 Å². The van der Waals surface area contributed by atoms with Gasteiger partial charge >= 0.3 is 0 Å². The molecule has 0 heterocycles. The Morgan fingerprint density at radius 2 is 1.86 bits per heavy atom. The molecule has 0 saturated heterocycles. The third-order valence-corrected chi connectivity index (χ3v) is 6.26. The summed E-state index contributed by atoms with van der Waals surface area (Å²) in [7, 11) is 1.80. The zero-order chi connectivity index (χ0) is 26.0. The molecule has 3 N–H and O–H groups in total. The number of nitrogens with zero attached hydrogens (tertiary/aromatic N) is 2. The van der Waals surface area contributed by atoms with Crippen LogP contribution < -0.4 is 10.6 Å². The molecule has 1 saturated carbocycles. The molecule has 1 aromatic carbocycles. The molecule has 0 spiro atoms. The second-order valence-electron chi connectivity index (χ2n) is 8.76. The number of hydrogen-bond donors (Lipinski definition) is 3. The van der Waals surface area contributed by atoms with Crippen molar-refractivity contribution in [3.63, 3.8) is 0 Å². The fourth-order valence-electron chi connectivity index (χ4n) is 3.77. The molecule has 188 valence electrons. The molecule has 1 fully saturated rings. The zero-order valence-electron chi connectivity index (χ0n) is 22.2. The van der Waals surface area contributed by atoms with E-state index in [9.17, 15) is 4.39 Å². The maximum Gasteiger partial charge on any atom is 0.131 e. The first-order valence-corrected chi connectivity index (χ1v) is 12.4.